The molecule has 0 spiro atoms. The predicted octanol–water partition coefficient (Wildman–Crippen LogP) is 4.13. The van der Waals surface area contributed by atoms with E-state index in [0.29, 0.717) is 6.61 Å². The van der Waals surface area contributed by atoms with Gasteiger partial charge in [0.25, 0.3) is 0 Å². The van der Waals surface area contributed by atoms with E-state index >= 15 is 0 Å². The molecule has 1 aliphatic heterocycles. The highest BCUT2D eigenvalue weighted by Crippen LogP contribution is 2.21. The van der Waals surface area contributed by atoms with E-state index in [0.717, 1.165) is 12.8 Å². The standard InChI is InChI=1S/C23H44O5/c1-2-3-4-5-6-7-8-9-10-11-12-13-14-15-16-17-27-23-21(26)19-28-22(23)20(25)18-24/h7-8,20-26H,2-6,9-19H2,1H3/b8-7+/t20-,21+,22+,23+/m0/s1. The molecule has 0 radical (unpaired) electrons. The van der Waals surface area contributed by atoms with E-state index in [1.807, 2.05) is 0 Å². The molecule has 0 amide bonds. The van der Waals surface area contributed by atoms with Gasteiger partial charge in [0.15, 0.2) is 0 Å². The van der Waals surface area contributed by atoms with Crippen LogP contribution in [0.15, 0.2) is 12.2 Å². The molecule has 1 aliphatic rings. The summed E-state index contributed by atoms with van der Waals surface area (Å²) in [5, 5.41) is 28.6. The fourth-order valence-electron chi connectivity index (χ4n) is 3.65. The zero-order chi connectivity index (χ0) is 20.5. The van der Waals surface area contributed by atoms with Crippen molar-refractivity contribution in [3.63, 3.8) is 0 Å². The SMILES string of the molecule is CCCCCC/C=C/CCCCCCCCCO[C@H]1[C@@H]([C@@H](O)CO)OC[C@H]1O. The van der Waals surface area contributed by atoms with Crippen LogP contribution in [0.1, 0.15) is 90.4 Å². The second-order valence-corrected chi connectivity index (χ2v) is 8.03. The van der Waals surface area contributed by atoms with Gasteiger partial charge >= 0.3 is 0 Å². The monoisotopic (exact) mass is 400 g/mol. The molecule has 1 fully saturated rings. The van der Waals surface area contributed by atoms with Gasteiger partial charge in [-0.2, -0.15) is 0 Å². The molecule has 0 aromatic heterocycles. The van der Waals surface area contributed by atoms with Crippen LogP contribution >= 0.6 is 0 Å². The van der Waals surface area contributed by atoms with Crippen molar-refractivity contribution in [1.29, 1.82) is 0 Å². The quantitative estimate of drug-likeness (QED) is 0.238. The molecule has 4 atom stereocenters. The van der Waals surface area contributed by atoms with Gasteiger partial charge < -0.3 is 24.8 Å². The van der Waals surface area contributed by atoms with Crippen LogP contribution in [0.4, 0.5) is 0 Å². The predicted molar refractivity (Wildman–Crippen MR) is 113 cm³/mol. The number of aliphatic hydroxyl groups is 3. The van der Waals surface area contributed by atoms with E-state index in [9.17, 15) is 10.2 Å². The van der Waals surface area contributed by atoms with E-state index < -0.39 is 24.4 Å². The van der Waals surface area contributed by atoms with Crippen molar-refractivity contribution in [2.24, 2.45) is 0 Å². The minimum atomic E-state index is -1.00. The first kappa shape index (κ1) is 25.6. The summed E-state index contributed by atoms with van der Waals surface area (Å²) in [6, 6.07) is 0. The average Bonchev–Trinajstić information content (AvgIpc) is 3.07. The van der Waals surface area contributed by atoms with Crippen LogP contribution in [0.3, 0.4) is 0 Å². The smallest absolute Gasteiger partial charge is 0.114 e. The molecule has 1 heterocycles. The Morgan fingerprint density at radius 1 is 0.929 bits per heavy atom. The topological polar surface area (TPSA) is 79.2 Å². The van der Waals surface area contributed by atoms with Gasteiger partial charge in [0.1, 0.15) is 24.4 Å². The number of unbranched alkanes of at least 4 members (excludes halogenated alkanes) is 11. The first-order valence-corrected chi connectivity index (χ1v) is 11.6. The third-order valence-electron chi connectivity index (χ3n) is 5.45. The lowest BCUT2D eigenvalue weighted by molar-refractivity contribution is -0.0938. The molecule has 5 nitrogen and oxygen atoms in total. The molecule has 3 N–H and O–H groups in total. The number of ether oxygens (including phenoxy) is 2. The Morgan fingerprint density at radius 3 is 2.11 bits per heavy atom. The molecule has 0 aromatic carbocycles. The first-order valence-electron chi connectivity index (χ1n) is 11.6. The molecule has 1 saturated heterocycles. The number of rotatable bonds is 18. The summed E-state index contributed by atoms with van der Waals surface area (Å²) in [5.41, 5.74) is 0. The minimum Gasteiger partial charge on any atom is -0.394 e. The fraction of sp³-hybridized carbons (Fsp3) is 0.913. The van der Waals surface area contributed by atoms with Crippen molar-refractivity contribution < 1.29 is 24.8 Å². The number of allylic oxidation sites excluding steroid dienone is 2. The van der Waals surface area contributed by atoms with Crippen molar-refractivity contribution in [3.05, 3.63) is 12.2 Å². The van der Waals surface area contributed by atoms with Crippen LogP contribution < -0.4 is 0 Å². The third kappa shape index (κ3) is 11.5. The summed E-state index contributed by atoms with van der Waals surface area (Å²) in [5.74, 6) is 0. The van der Waals surface area contributed by atoms with Crippen molar-refractivity contribution >= 4 is 0 Å². The van der Waals surface area contributed by atoms with Crippen LogP contribution in [-0.2, 0) is 9.47 Å². The third-order valence-corrected chi connectivity index (χ3v) is 5.45. The largest absolute Gasteiger partial charge is 0.394 e. The molecule has 28 heavy (non-hydrogen) atoms. The first-order chi connectivity index (χ1) is 13.7. The van der Waals surface area contributed by atoms with Gasteiger partial charge in [-0.25, -0.2) is 0 Å². The lowest BCUT2D eigenvalue weighted by atomic mass is 10.1. The Kier molecular flexibility index (Phi) is 15.9. The van der Waals surface area contributed by atoms with E-state index in [1.165, 1.54) is 70.6 Å². The molecule has 0 bridgehead atoms. The van der Waals surface area contributed by atoms with Crippen molar-refractivity contribution in [2.45, 2.75) is 115 Å². The summed E-state index contributed by atoms with van der Waals surface area (Å²) in [6.45, 7) is 2.58. The van der Waals surface area contributed by atoms with E-state index in [-0.39, 0.29) is 13.2 Å². The lowest BCUT2D eigenvalue weighted by Gasteiger charge is -2.23. The van der Waals surface area contributed by atoms with Gasteiger partial charge in [0.05, 0.1) is 13.2 Å². The van der Waals surface area contributed by atoms with E-state index in [1.54, 1.807) is 0 Å². The van der Waals surface area contributed by atoms with Crippen LogP contribution in [0.25, 0.3) is 0 Å². The van der Waals surface area contributed by atoms with Gasteiger partial charge in [-0.3, -0.25) is 0 Å². The molecule has 166 valence electrons. The summed E-state index contributed by atoms with van der Waals surface area (Å²) in [4.78, 5) is 0. The molecule has 5 heteroatoms. The molecule has 0 aromatic rings. The summed E-state index contributed by atoms with van der Waals surface area (Å²) < 4.78 is 11.0. The molecule has 0 unspecified atom stereocenters. The van der Waals surface area contributed by atoms with E-state index in [4.69, 9.17) is 14.6 Å². The maximum absolute atomic E-state index is 9.88. The van der Waals surface area contributed by atoms with Gasteiger partial charge in [-0.15, -0.1) is 0 Å². The Labute approximate surface area is 172 Å². The van der Waals surface area contributed by atoms with Crippen LogP contribution in [0.2, 0.25) is 0 Å². The highest BCUT2D eigenvalue weighted by Gasteiger charge is 2.40. The molecule has 0 saturated carbocycles. The summed E-state index contributed by atoms with van der Waals surface area (Å²) in [7, 11) is 0. The highest BCUT2D eigenvalue weighted by atomic mass is 16.6. The van der Waals surface area contributed by atoms with Gasteiger partial charge in [-0.1, -0.05) is 70.4 Å². The Morgan fingerprint density at radius 2 is 1.50 bits per heavy atom. The van der Waals surface area contributed by atoms with Crippen molar-refractivity contribution in [2.75, 3.05) is 19.8 Å². The normalized spacial score (nSPS) is 23.6. The van der Waals surface area contributed by atoms with E-state index in [2.05, 4.69) is 19.1 Å². The summed E-state index contributed by atoms with van der Waals surface area (Å²) >= 11 is 0. The molecular weight excluding hydrogens is 356 g/mol. The second kappa shape index (κ2) is 17.4. The molecule has 1 rings (SSSR count). The average molecular weight is 401 g/mol. The number of hydrogen-bond acceptors (Lipinski definition) is 5. The fourth-order valence-corrected chi connectivity index (χ4v) is 3.65. The van der Waals surface area contributed by atoms with Crippen molar-refractivity contribution in [1.82, 2.24) is 0 Å². The number of aliphatic hydroxyl groups excluding tert-OH is 3. The molecule has 0 aliphatic carbocycles. The van der Waals surface area contributed by atoms with Crippen LogP contribution in [0, 0.1) is 0 Å². The van der Waals surface area contributed by atoms with Gasteiger partial charge in [-0.05, 0) is 32.1 Å². The van der Waals surface area contributed by atoms with Crippen molar-refractivity contribution in [3.8, 4) is 0 Å². The maximum atomic E-state index is 9.88. The van der Waals surface area contributed by atoms with Crippen LogP contribution in [0.5, 0.6) is 0 Å². The maximum Gasteiger partial charge on any atom is 0.114 e. The number of hydrogen-bond donors (Lipinski definition) is 3. The lowest BCUT2D eigenvalue weighted by Crippen LogP contribution is -2.42. The second-order valence-electron chi connectivity index (χ2n) is 8.03. The zero-order valence-electron chi connectivity index (χ0n) is 17.9. The minimum absolute atomic E-state index is 0.153. The highest BCUT2D eigenvalue weighted by molar-refractivity contribution is 4.89. The van der Waals surface area contributed by atoms with Gasteiger partial charge in [0, 0.05) is 6.61 Å². The molecular formula is C23H44O5. The Balaban J connectivity index is 1.88. The van der Waals surface area contributed by atoms with Gasteiger partial charge in [0.2, 0.25) is 0 Å². The Bertz CT molecular complexity index is 374. The zero-order valence-corrected chi connectivity index (χ0v) is 17.9. The Hall–Kier alpha value is -0.460. The summed E-state index contributed by atoms with van der Waals surface area (Å²) in [6.07, 6.45) is 18.1. The van der Waals surface area contributed by atoms with Crippen LogP contribution in [-0.4, -0.2) is 59.6 Å².